The lowest BCUT2D eigenvalue weighted by Gasteiger charge is -2.29. The van der Waals surface area contributed by atoms with Crippen LogP contribution < -0.4 is 0 Å². The third-order valence-corrected chi connectivity index (χ3v) is 2.90. The Morgan fingerprint density at radius 2 is 2.42 bits per heavy atom. The molecule has 1 atom stereocenters. The van der Waals surface area contributed by atoms with Gasteiger partial charge >= 0.3 is 0 Å². The molecule has 1 aromatic rings. The van der Waals surface area contributed by atoms with Crippen molar-refractivity contribution in [3.8, 4) is 0 Å². The fraction of sp³-hybridized carbons (Fsp3) is 0.400. The highest BCUT2D eigenvalue weighted by Gasteiger charge is 2.25. The molecule has 0 N–H and O–H groups in total. The van der Waals surface area contributed by atoms with Crippen molar-refractivity contribution in [2.75, 3.05) is 6.61 Å². The van der Waals surface area contributed by atoms with Gasteiger partial charge in [-0.3, -0.25) is 0 Å². The van der Waals surface area contributed by atoms with Crippen molar-refractivity contribution >= 4 is 22.6 Å². The van der Waals surface area contributed by atoms with Gasteiger partial charge in [0, 0.05) is 16.6 Å². The number of hydrogen-bond acceptors (Lipinski definition) is 1. The molecule has 1 unspecified atom stereocenters. The number of hydrogen-bond donors (Lipinski definition) is 0. The van der Waals surface area contributed by atoms with Gasteiger partial charge < -0.3 is 4.74 Å². The fourth-order valence-electron chi connectivity index (χ4n) is 1.59. The predicted octanol–water partition coefficient (Wildman–Crippen LogP) is 2.92. The van der Waals surface area contributed by atoms with Crippen LogP contribution in [0.25, 0.3) is 0 Å². The molecule has 0 radical (unpaired) electrons. The van der Waals surface area contributed by atoms with Gasteiger partial charge in [0.2, 0.25) is 0 Å². The van der Waals surface area contributed by atoms with E-state index in [1.165, 1.54) is 14.7 Å². The van der Waals surface area contributed by atoms with Crippen molar-refractivity contribution in [3.05, 3.63) is 32.9 Å². The molecule has 0 spiro atoms. The van der Waals surface area contributed by atoms with Gasteiger partial charge in [-0.2, -0.15) is 0 Å². The van der Waals surface area contributed by atoms with Crippen molar-refractivity contribution in [3.63, 3.8) is 0 Å². The average Bonchev–Trinajstić information content (AvgIpc) is 2.01. The van der Waals surface area contributed by atoms with E-state index < -0.39 is 0 Å². The largest absolute Gasteiger partial charge is 0.373 e. The Morgan fingerprint density at radius 1 is 1.58 bits per heavy atom. The Kier molecular flexibility index (Phi) is 2.37. The number of fused-ring (bicyclic) bond motifs is 1. The molecule has 0 heterocycles. The lowest BCUT2D eigenvalue weighted by atomic mass is 9.85. The molecule has 0 saturated heterocycles. The molecule has 2 rings (SSSR count). The van der Waals surface area contributed by atoms with Crippen LogP contribution in [0.5, 0.6) is 0 Å². The Bertz CT molecular complexity index is 296. The smallest absolute Gasteiger partial charge is 0.0867 e. The summed E-state index contributed by atoms with van der Waals surface area (Å²) in [7, 11) is 0. The summed E-state index contributed by atoms with van der Waals surface area (Å²) in [6.07, 6.45) is 1.47. The standard InChI is InChI=1S/C10H11IO/c1-2-12-10-6-7-5-8(11)3-4-9(7)10/h3-5,10H,2,6H2,1H3. The van der Waals surface area contributed by atoms with E-state index in [1.807, 2.05) is 6.92 Å². The third kappa shape index (κ3) is 1.38. The first-order valence-electron chi connectivity index (χ1n) is 4.21. The van der Waals surface area contributed by atoms with Crippen LogP contribution in [-0.4, -0.2) is 6.61 Å². The highest BCUT2D eigenvalue weighted by Crippen LogP contribution is 2.36. The van der Waals surface area contributed by atoms with E-state index in [0.717, 1.165) is 13.0 Å². The van der Waals surface area contributed by atoms with Crippen molar-refractivity contribution in [2.24, 2.45) is 0 Å². The van der Waals surface area contributed by atoms with Gasteiger partial charge in [-0.1, -0.05) is 6.07 Å². The van der Waals surface area contributed by atoms with Crippen LogP contribution in [0.3, 0.4) is 0 Å². The summed E-state index contributed by atoms with van der Waals surface area (Å²) in [5.41, 5.74) is 2.85. The van der Waals surface area contributed by atoms with Crippen LogP contribution in [0, 0.1) is 3.57 Å². The van der Waals surface area contributed by atoms with Gasteiger partial charge in [0.1, 0.15) is 0 Å². The summed E-state index contributed by atoms with van der Waals surface area (Å²) in [6.45, 7) is 2.86. The van der Waals surface area contributed by atoms with Crippen LogP contribution in [0.1, 0.15) is 24.2 Å². The summed E-state index contributed by atoms with van der Waals surface area (Å²) in [4.78, 5) is 0. The summed E-state index contributed by atoms with van der Waals surface area (Å²) in [6, 6.07) is 6.57. The molecule has 12 heavy (non-hydrogen) atoms. The zero-order valence-electron chi connectivity index (χ0n) is 7.01. The first-order chi connectivity index (χ1) is 5.81. The zero-order chi connectivity index (χ0) is 8.55. The van der Waals surface area contributed by atoms with Crippen LogP contribution in [0.2, 0.25) is 0 Å². The van der Waals surface area contributed by atoms with E-state index >= 15 is 0 Å². The second kappa shape index (κ2) is 3.34. The summed E-state index contributed by atoms with van der Waals surface area (Å²) < 4.78 is 6.86. The predicted molar refractivity (Wildman–Crippen MR) is 57.2 cm³/mol. The summed E-state index contributed by atoms with van der Waals surface area (Å²) in [5, 5.41) is 0. The normalized spacial score (nSPS) is 20.0. The zero-order valence-corrected chi connectivity index (χ0v) is 9.17. The maximum absolute atomic E-state index is 5.54. The average molecular weight is 274 g/mol. The van der Waals surface area contributed by atoms with Crippen LogP contribution >= 0.6 is 22.6 Å². The summed E-state index contributed by atoms with van der Waals surface area (Å²) in [5.74, 6) is 0. The Hall–Kier alpha value is -0.0900. The molecular formula is C10H11IO. The molecule has 64 valence electrons. The molecule has 0 bridgehead atoms. The van der Waals surface area contributed by atoms with Crippen LogP contribution in [0.4, 0.5) is 0 Å². The first-order valence-corrected chi connectivity index (χ1v) is 5.29. The van der Waals surface area contributed by atoms with E-state index in [0.29, 0.717) is 6.10 Å². The monoisotopic (exact) mass is 274 g/mol. The van der Waals surface area contributed by atoms with E-state index in [4.69, 9.17) is 4.74 Å². The SMILES string of the molecule is CCOC1Cc2cc(I)ccc21. The van der Waals surface area contributed by atoms with Crippen LogP contribution in [-0.2, 0) is 11.2 Å². The highest BCUT2D eigenvalue weighted by molar-refractivity contribution is 14.1. The molecule has 2 heteroatoms. The fourth-order valence-corrected chi connectivity index (χ4v) is 2.15. The molecule has 1 aliphatic rings. The topological polar surface area (TPSA) is 9.23 Å². The van der Waals surface area contributed by atoms with E-state index in [9.17, 15) is 0 Å². The third-order valence-electron chi connectivity index (χ3n) is 2.23. The molecular weight excluding hydrogens is 263 g/mol. The number of halogens is 1. The minimum absolute atomic E-state index is 0.377. The molecule has 0 aliphatic heterocycles. The Balaban J connectivity index is 2.19. The molecule has 1 aromatic carbocycles. The van der Waals surface area contributed by atoms with Gasteiger partial charge in [0.25, 0.3) is 0 Å². The minimum Gasteiger partial charge on any atom is -0.373 e. The second-order valence-corrected chi connectivity index (χ2v) is 4.24. The van der Waals surface area contributed by atoms with Gasteiger partial charge in [-0.15, -0.1) is 0 Å². The molecule has 1 aliphatic carbocycles. The Morgan fingerprint density at radius 3 is 3.08 bits per heavy atom. The lowest BCUT2D eigenvalue weighted by molar-refractivity contribution is 0.0462. The minimum atomic E-state index is 0.377. The maximum Gasteiger partial charge on any atom is 0.0867 e. The van der Waals surface area contributed by atoms with Crippen LogP contribution in [0.15, 0.2) is 18.2 Å². The van der Waals surface area contributed by atoms with Gasteiger partial charge in [-0.25, -0.2) is 0 Å². The highest BCUT2D eigenvalue weighted by atomic mass is 127. The molecule has 0 amide bonds. The summed E-state index contributed by atoms with van der Waals surface area (Å²) >= 11 is 2.34. The quantitative estimate of drug-likeness (QED) is 0.753. The molecule has 0 aromatic heterocycles. The molecule has 0 saturated carbocycles. The van der Waals surface area contributed by atoms with Crippen molar-refractivity contribution in [2.45, 2.75) is 19.4 Å². The molecule has 0 fully saturated rings. The van der Waals surface area contributed by atoms with Gasteiger partial charge in [-0.05, 0) is 52.8 Å². The Labute approximate surface area is 86.3 Å². The van der Waals surface area contributed by atoms with Crippen molar-refractivity contribution < 1.29 is 4.74 Å². The van der Waals surface area contributed by atoms with Gasteiger partial charge in [0.05, 0.1) is 6.10 Å². The van der Waals surface area contributed by atoms with Gasteiger partial charge in [0.15, 0.2) is 0 Å². The van der Waals surface area contributed by atoms with E-state index in [-0.39, 0.29) is 0 Å². The van der Waals surface area contributed by atoms with Crippen molar-refractivity contribution in [1.29, 1.82) is 0 Å². The maximum atomic E-state index is 5.54. The molecule has 1 nitrogen and oxygen atoms in total. The second-order valence-electron chi connectivity index (χ2n) is 2.99. The first kappa shape index (κ1) is 8.51. The number of rotatable bonds is 2. The van der Waals surface area contributed by atoms with E-state index in [2.05, 4.69) is 40.8 Å². The number of benzene rings is 1. The number of ether oxygens (including phenoxy) is 1. The van der Waals surface area contributed by atoms with E-state index in [1.54, 1.807) is 0 Å². The lowest BCUT2D eigenvalue weighted by Crippen LogP contribution is -2.19. The van der Waals surface area contributed by atoms with Crippen molar-refractivity contribution in [1.82, 2.24) is 0 Å².